The molecular weight excluding hydrogens is 318 g/mol. The number of hydrogen-bond acceptors (Lipinski definition) is 4. The average molecular weight is 337 g/mol. The fourth-order valence-electron chi connectivity index (χ4n) is 2.73. The lowest BCUT2D eigenvalue weighted by Crippen LogP contribution is -2.28. The third-order valence-electron chi connectivity index (χ3n) is 4.36. The zero-order valence-corrected chi connectivity index (χ0v) is 14.0. The first-order valence-corrected chi connectivity index (χ1v) is 8.41. The summed E-state index contributed by atoms with van der Waals surface area (Å²) in [5.74, 6) is -0.0233. The van der Waals surface area contributed by atoms with Gasteiger partial charge in [-0.3, -0.25) is 14.2 Å². The minimum absolute atomic E-state index is 0.0233. The van der Waals surface area contributed by atoms with Gasteiger partial charge < -0.3 is 5.32 Å². The summed E-state index contributed by atoms with van der Waals surface area (Å²) in [5, 5.41) is 7.67. The second-order valence-electron chi connectivity index (χ2n) is 6.46. The van der Waals surface area contributed by atoms with Crippen molar-refractivity contribution < 1.29 is 4.79 Å². The molecule has 0 bridgehead atoms. The molecule has 1 aliphatic rings. The number of nitrogens with one attached hydrogen (secondary N) is 1. The van der Waals surface area contributed by atoms with Crippen LogP contribution in [0.4, 0.5) is 0 Å². The van der Waals surface area contributed by atoms with Gasteiger partial charge in [-0.15, -0.1) is 0 Å². The maximum absolute atomic E-state index is 12.6. The molecule has 0 atom stereocenters. The van der Waals surface area contributed by atoms with Crippen LogP contribution in [-0.2, 0) is 11.3 Å². The summed E-state index contributed by atoms with van der Waals surface area (Å²) in [7, 11) is 0. The molecular formula is C18H19N5O2. The topological polar surface area (TPSA) is 81.8 Å². The van der Waals surface area contributed by atoms with Crippen molar-refractivity contribution in [3.63, 3.8) is 0 Å². The van der Waals surface area contributed by atoms with E-state index >= 15 is 0 Å². The Morgan fingerprint density at radius 1 is 1.28 bits per heavy atom. The van der Waals surface area contributed by atoms with Gasteiger partial charge in [-0.25, -0.2) is 9.67 Å². The summed E-state index contributed by atoms with van der Waals surface area (Å²) < 4.78 is 3.12. The van der Waals surface area contributed by atoms with Gasteiger partial charge in [0.05, 0.1) is 18.2 Å². The largest absolute Gasteiger partial charge is 0.353 e. The summed E-state index contributed by atoms with van der Waals surface area (Å²) >= 11 is 0. The number of rotatable bonds is 5. The smallest absolute Gasteiger partial charge is 0.264 e. The van der Waals surface area contributed by atoms with Crippen LogP contribution in [0.2, 0.25) is 0 Å². The minimum Gasteiger partial charge on any atom is -0.353 e. The van der Waals surface area contributed by atoms with Gasteiger partial charge in [0.25, 0.3) is 5.56 Å². The maximum atomic E-state index is 12.6. The van der Waals surface area contributed by atoms with E-state index in [9.17, 15) is 9.59 Å². The highest BCUT2D eigenvalue weighted by Gasteiger charge is 2.23. The van der Waals surface area contributed by atoms with E-state index in [0.717, 1.165) is 24.1 Å². The van der Waals surface area contributed by atoms with Crippen molar-refractivity contribution in [3.8, 4) is 5.69 Å². The van der Waals surface area contributed by atoms with Gasteiger partial charge >= 0.3 is 0 Å². The van der Waals surface area contributed by atoms with Crippen molar-refractivity contribution in [2.45, 2.75) is 38.8 Å². The molecule has 4 rings (SSSR count). The van der Waals surface area contributed by atoms with Crippen LogP contribution in [0.25, 0.3) is 16.7 Å². The standard InChI is InChI=1S/C18H19N5O2/c1-12-2-6-14(7-3-12)23-17-15(10-20-23)18(25)22(11-19-17)9-8-16(24)21-13-4-5-13/h2-3,6-7,10-11,13H,4-5,8-9H2,1H3,(H,21,24). The second kappa shape index (κ2) is 6.16. The Kier molecular flexibility index (Phi) is 3.83. The molecule has 2 heterocycles. The lowest BCUT2D eigenvalue weighted by molar-refractivity contribution is -0.121. The summed E-state index contributed by atoms with van der Waals surface area (Å²) in [4.78, 5) is 28.8. The molecule has 7 heteroatoms. The van der Waals surface area contributed by atoms with Crippen LogP contribution in [0, 0.1) is 6.92 Å². The molecule has 3 aromatic rings. The summed E-state index contributed by atoms with van der Waals surface area (Å²) in [6.45, 7) is 2.33. The zero-order chi connectivity index (χ0) is 17.4. The second-order valence-corrected chi connectivity index (χ2v) is 6.46. The maximum Gasteiger partial charge on any atom is 0.264 e. The van der Waals surface area contributed by atoms with Gasteiger partial charge in [0, 0.05) is 19.0 Å². The number of aryl methyl sites for hydroxylation is 2. The Morgan fingerprint density at radius 2 is 2.04 bits per heavy atom. The van der Waals surface area contributed by atoms with Crippen LogP contribution in [0.3, 0.4) is 0 Å². The molecule has 25 heavy (non-hydrogen) atoms. The molecule has 0 saturated heterocycles. The molecule has 1 fully saturated rings. The molecule has 1 N–H and O–H groups in total. The van der Waals surface area contributed by atoms with Crippen molar-refractivity contribution >= 4 is 16.9 Å². The van der Waals surface area contributed by atoms with Crippen molar-refractivity contribution in [2.75, 3.05) is 0 Å². The summed E-state index contributed by atoms with van der Waals surface area (Å²) in [6.07, 6.45) is 5.40. The number of aromatic nitrogens is 4. The molecule has 0 radical (unpaired) electrons. The summed E-state index contributed by atoms with van der Waals surface area (Å²) in [6, 6.07) is 8.19. The number of carbonyl (C=O) groups excluding carboxylic acids is 1. The van der Waals surface area contributed by atoms with Crippen molar-refractivity contribution in [2.24, 2.45) is 0 Å². The highest BCUT2D eigenvalue weighted by molar-refractivity contribution is 5.77. The van der Waals surface area contributed by atoms with Crippen LogP contribution < -0.4 is 10.9 Å². The van der Waals surface area contributed by atoms with Crippen LogP contribution in [0.5, 0.6) is 0 Å². The minimum atomic E-state index is -0.178. The lowest BCUT2D eigenvalue weighted by atomic mass is 10.2. The molecule has 128 valence electrons. The van der Waals surface area contributed by atoms with Gasteiger partial charge in [0.2, 0.25) is 5.91 Å². The van der Waals surface area contributed by atoms with Gasteiger partial charge in [-0.05, 0) is 31.9 Å². The Hall–Kier alpha value is -2.96. The first kappa shape index (κ1) is 15.6. The quantitative estimate of drug-likeness (QED) is 0.766. The van der Waals surface area contributed by atoms with Gasteiger partial charge in [-0.2, -0.15) is 5.10 Å². The fraction of sp³-hybridized carbons (Fsp3) is 0.333. The van der Waals surface area contributed by atoms with E-state index in [1.165, 1.54) is 17.1 Å². The van der Waals surface area contributed by atoms with E-state index in [1.54, 1.807) is 4.68 Å². The number of amides is 1. The molecule has 1 amide bonds. The molecule has 0 unspecified atom stereocenters. The SMILES string of the molecule is Cc1ccc(-n2ncc3c(=O)n(CCC(=O)NC4CC4)cnc32)cc1. The first-order chi connectivity index (χ1) is 12.1. The van der Waals surface area contributed by atoms with E-state index in [0.29, 0.717) is 23.6 Å². The van der Waals surface area contributed by atoms with Gasteiger partial charge in [0.1, 0.15) is 5.39 Å². The number of nitrogens with zero attached hydrogens (tertiary/aromatic N) is 4. The fourth-order valence-corrected chi connectivity index (χ4v) is 2.73. The van der Waals surface area contributed by atoms with Crippen molar-refractivity contribution in [1.82, 2.24) is 24.6 Å². The molecule has 7 nitrogen and oxygen atoms in total. The van der Waals surface area contributed by atoms with E-state index in [1.807, 2.05) is 31.2 Å². The van der Waals surface area contributed by atoms with Gasteiger partial charge in [0.15, 0.2) is 5.65 Å². The van der Waals surface area contributed by atoms with Crippen molar-refractivity contribution in [1.29, 1.82) is 0 Å². The first-order valence-electron chi connectivity index (χ1n) is 8.41. The highest BCUT2D eigenvalue weighted by atomic mass is 16.2. The van der Waals surface area contributed by atoms with E-state index in [4.69, 9.17) is 0 Å². The zero-order valence-electron chi connectivity index (χ0n) is 14.0. The Bertz CT molecular complexity index is 983. The van der Waals surface area contributed by atoms with E-state index in [2.05, 4.69) is 15.4 Å². The van der Waals surface area contributed by atoms with Gasteiger partial charge in [-0.1, -0.05) is 17.7 Å². The van der Waals surface area contributed by atoms with E-state index in [-0.39, 0.29) is 17.9 Å². The van der Waals surface area contributed by atoms with Crippen LogP contribution in [-0.4, -0.2) is 31.3 Å². The molecule has 2 aromatic heterocycles. The molecule has 0 aliphatic heterocycles. The molecule has 1 aromatic carbocycles. The Morgan fingerprint density at radius 3 is 2.76 bits per heavy atom. The third kappa shape index (κ3) is 3.17. The third-order valence-corrected chi connectivity index (χ3v) is 4.36. The number of carbonyl (C=O) groups is 1. The summed E-state index contributed by atoms with van der Waals surface area (Å²) in [5.41, 5.74) is 2.35. The Labute approximate surface area is 144 Å². The number of benzene rings is 1. The molecule has 0 spiro atoms. The predicted molar refractivity (Wildman–Crippen MR) is 93.6 cm³/mol. The average Bonchev–Trinajstić information content (AvgIpc) is 3.30. The monoisotopic (exact) mass is 337 g/mol. The normalized spacial score (nSPS) is 14.0. The lowest BCUT2D eigenvalue weighted by Gasteiger charge is -2.07. The molecule has 1 aliphatic carbocycles. The van der Waals surface area contributed by atoms with Crippen LogP contribution in [0.15, 0.2) is 41.6 Å². The van der Waals surface area contributed by atoms with Crippen molar-refractivity contribution in [3.05, 3.63) is 52.7 Å². The highest BCUT2D eigenvalue weighted by Crippen LogP contribution is 2.18. The predicted octanol–water partition coefficient (Wildman–Crippen LogP) is 1.56. The van der Waals surface area contributed by atoms with Crippen LogP contribution >= 0.6 is 0 Å². The van der Waals surface area contributed by atoms with Crippen LogP contribution in [0.1, 0.15) is 24.8 Å². The number of hydrogen-bond donors (Lipinski definition) is 1. The Balaban J connectivity index is 1.59. The van der Waals surface area contributed by atoms with E-state index < -0.39 is 0 Å². The molecule has 1 saturated carbocycles. The number of fused-ring (bicyclic) bond motifs is 1.